The van der Waals surface area contributed by atoms with Crippen LogP contribution in [0.4, 0.5) is 36.5 Å². The number of alkyl halides is 2. The molecule has 7 aliphatic rings. The lowest BCUT2D eigenvalue weighted by atomic mass is 9.47. The Hall–Kier alpha value is -3.47. The fourth-order valence-corrected chi connectivity index (χ4v) is 9.29. The first-order valence-corrected chi connectivity index (χ1v) is 16.2. The number of para-hydroxylation sites is 2. The molecule has 3 unspecified atom stereocenters. The summed E-state index contributed by atoms with van der Waals surface area (Å²) in [5, 5.41) is 3.40. The predicted molar refractivity (Wildman–Crippen MR) is 164 cm³/mol. The molecule has 1 aromatic heterocycles. The fraction of sp³-hybridized carbons (Fsp3) is 0.606. The van der Waals surface area contributed by atoms with Crippen LogP contribution in [0.5, 0.6) is 0 Å². The minimum absolute atomic E-state index is 0.0292. The number of piperazine rings is 1. The number of nitrogens with two attached hydrogens (primary N) is 1. The van der Waals surface area contributed by atoms with Crippen LogP contribution < -0.4 is 25.8 Å². The van der Waals surface area contributed by atoms with Crippen LogP contribution in [0.3, 0.4) is 0 Å². The number of carbonyl (C=O) groups is 2. The van der Waals surface area contributed by atoms with E-state index in [0.717, 1.165) is 81.2 Å². The Balaban J connectivity index is 0.926. The Morgan fingerprint density at radius 3 is 2.25 bits per heavy atom. The van der Waals surface area contributed by atoms with E-state index in [-0.39, 0.29) is 29.8 Å². The molecular weight excluding hydrogens is 564 g/mol. The molecule has 2 aromatic rings. The summed E-state index contributed by atoms with van der Waals surface area (Å²) in [7, 11) is 0. The number of fused-ring (bicyclic) bond motifs is 1. The van der Waals surface area contributed by atoms with Crippen molar-refractivity contribution in [3.8, 4) is 0 Å². The molecule has 3 N–H and O–H groups in total. The van der Waals surface area contributed by atoms with Crippen molar-refractivity contribution in [2.75, 3.05) is 60.5 Å². The Morgan fingerprint density at radius 2 is 1.61 bits per heavy atom. The van der Waals surface area contributed by atoms with Crippen molar-refractivity contribution in [2.24, 2.45) is 34.8 Å². The summed E-state index contributed by atoms with van der Waals surface area (Å²) < 4.78 is 26.7. The second-order valence-corrected chi connectivity index (χ2v) is 14.2. The minimum Gasteiger partial charge on any atom is -0.369 e. The van der Waals surface area contributed by atoms with Crippen LogP contribution in [0.15, 0.2) is 42.6 Å². The molecule has 3 heterocycles. The Labute approximate surface area is 256 Å². The monoisotopic (exact) mass is 605 g/mol. The number of pyridine rings is 1. The highest BCUT2D eigenvalue weighted by molar-refractivity contribution is 5.98. The minimum atomic E-state index is -2.46. The number of benzene rings is 1. The number of hydrogen-bond acceptors (Lipinski definition) is 6. The van der Waals surface area contributed by atoms with Gasteiger partial charge in [0.2, 0.25) is 5.91 Å². The van der Waals surface area contributed by atoms with Crippen molar-refractivity contribution in [3.05, 3.63) is 42.6 Å². The molecule has 5 aliphatic carbocycles. The number of hydrogen-bond donors (Lipinski definition) is 2. The number of urea groups is 1. The van der Waals surface area contributed by atoms with Crippen molar-refractivity contribution in [1.82, 2.24) is 15.2 Å². The number of carbonyl (C=O) groups excluding carboxylic acids is 2. The van der Waals surface area contributed by atoms with Gasteiger partial charge in [-0.1, -0.05) is 12.1 Å². The third kappa shape index (κ3) is 4.78. The lowest BCUT2D eigenvalue weighted by molar-refractivity contribution is -0.145. The van der Waals surface area contributed by atoms with E-state index in [4.69, 9.17) is 10.7 Å². The van der Waals surface area contributed by atoms with E-state index in [0.29, 0.717) is 37.4 Å². The molecule has 9 rings (SSSR count). The molecule has 11 heteroatoms. The largest absolute Gasteiger partial charge is 0.369 e. The van der Waals surface area contributed by atoms with Crippen LogP contribution in [0.25, 0.3) is 0 Å². The summed E-state index contributed by atoms with van der Waals surface area (Å²) in [5.74, 6) is -1.10. The first-order valence-electron chi connectivity index (χ1n) is 16.2. The predicted octanol–water partition coefficient (Wildman–Crippen LogP) is 4.21. The number of aromatic nitrogens is 1. The number of primary amides is 1. The van der Waals surface area contributed by atoms with Gasteiger partial charge in [-0.05, 0) is 74.1 Å². The second-order valence-electron chi connectivity index (χ2n) is 14.2. The van der Waals surface area contributed by atoms with Crippen LogP contribution in [0, 0.1) is 29.1 Å². The normalized spacial score (nSPS) is 33.7. The van der Waals surface area contributed by atoms with Gasteiger partial charge in [-0.3, -0.25) is 14.6 Å². The highest BCUT2D eigenvalue weighted by Crippen LogP contribution is 2.60. The number of anilines is 4. The van der Waals surface area contributed by atoms with Gasteiger partial charge in [0.05, 0.1) is 23.3 Å². The van der Waals surface area contributed by atoms with E-state index in [9.17, 15) is 18.4 Å². The second kappa shape index (κ2) is 10.3. The molecule has 4 bridgehead atoms. The van der Waals surface area contributed by atoms with Gasteiger partial charge in [0.25, 0.3) is 5.92 Å². The molecule has 0 radical (unpaired) electrons. The lowest BCUT2D eigenvalue weighted by Gasteiger charge is -2.59. The van der Waals surface area contributed by atoms with Gasteiger partial charge in [0.1, 0.15) is 5.82 Å². The van der Waals surface area contributed by atoms with E-state index in [2.05, 4.69) is 26.1 Å². The molecule has 234 valence electrons. The number of nitrogens with zero attached hydrogens (tertiary/aromatic N) is 5. The van der Waals surface area contributed by atoms with E-state index in [1.165, 1.54) is 0 Å². The van der Waals surface area contributed by atoms with Gasteiger partial charge >= 0.3 is 6.03 Å². The van der Waals surface area contributed by atoms with Crippen molar-refractivity contribution in [1.29, 1.82) is 0 Å². The summed E-state index contributed by atoms with van der Waals surface area (Å²) in [4.78, 5) is 39.4. The number of nitrogens with one attached hydrogen (secondary N) is 1. The summed E-state index contributed by atoms with van der Waals surface area (Å²) in [6.07, 6.45) is 6.56. The molecule has 3 atom stereocenters. The van der Waals surface area contributed by atoms with E-state index >= 15 is 0 Å². The van der Waals surface area contributed by atoms with Crippen LogP contribution in [-0.4, -0.2) is 79.6 Å². The van der Waals surface area contributed by atoms with Gasteiger partial charge in [-0.25, -0.2) is 18.6 Å². The average Bonchev–Trinajstić information content (AvgIpc) is 3.63. The molecule has 44 heavy (non-hydrogen) atoms. The third-order valence-corrected chi connectivity index (χ3v) is 11.5. The standard InChI is InChI=1S/C33H41F2N7O2/c34-33(35)18-24(33)20-39-7-9-40(10-8-39)25-5-6-28(37-19-25)41-11-12-42(27-4-2-1-3-26(27)41)31(44)38-29-22-13-21-14-23(29)17-32(15-21,16-22)30(36)43/h1-6,19,21-24,29H,7-18,20H2,(H2,36,43)(H,38,44)/t21?,22?,23?,24?,29-,32+. The Bertz CT molecular complexity index is 1430. The number of amides is 3. The van der Waals surface area contributed by atoms with E-state index in [1.54, 1.807) is 0 Å². The zero-order valence-corrected chi connectivity index (χ0v) is 25.0. The van der Waals surface area contributed by atoms with Crippen molar-refractivity contribution in [2.45, 2.75) is 50.5 Å². The van der Waals surface area contributed by atoms with Gasteiger partial charge in [0, 0.05) is 69.6 Å². The molecule has 2 aliphatic heterocycles. The SMILES string of the molecule is NC(=O)[C@]12CC3CC(C1)[C@H](NC(=O)N1CCN(c4ccc(N5CCN(CC6CC6(F)F)CC5)cn4)c4ccccc41)C(C3)C2. The van der Waals surface area contributed by atoms with Gasteiger partial charge in [-0.15, -0.1) is 0 Å². The zero-order chi connectivity index (χ0) is 30.2. The van der Waals surface area contributed by atoms with Crippen LogP contribution in [-0.2, 0) is 4.79 Å². The fourth-order valence-electron chi connectivity index (χ4n) is 9.29. The third-order valence-electron chi connectivity index (χ3n) is 11.5. The van der Waals surface area contributed by atoms with Crippen molar-refractivity contribution >= 4 is 34.8 Å². The molecular formula is C33H41F2N7O2. The van der Waals surface area contributed by atoms with Gasteiger partial charge in [-0.2, -0.15) is 0 Å². The summed E-state index contributed by atoms with van der Waals surface area (Å²) >= 11 is 0. The Kier molecular flexibility index (Phi) is 6.55. The maximum absolute atomic E-state index is 13.8. The molecule has 1 saturated heterocycles. The van der Waals surface area contributed by atoms with Crippen molar-refractivity contribution < 1.29 is 18.4 Å². The maximum atomic E-state index is 13.8. The topological polar surface area (TPSA) is 98.0 Å². The van der Waals surface area contributed by atoms with Crippen LogP contribution >= 0.6 is 0 Å². The Morgan fingerprint density at radius 1 is 0.909 bits per heavy atom. The highest BCUT2D eigenvalue weighted by atomic mass is 19.3. The first kappa shape index (κ1) is 28.0. The number of rotatable bonds is 6. The zero-order valence-electron chi connectivity index (χ0n) is 25.0. The molecule has 0 spiro atoms. The first-order chi connectivity index (χ1) is 21.2. The average molecular weight is 606 g/mol. The smallest absolute Gasteiger partial charge is 0.322 e. The summed E-state index contributed by atoms with van der Waals surface area (Å²) in [5.41, 5.74) is 8.34. The molecule has 5 saturated carbocycles. The van der Waals surface area contributed by atoms with Crippen LogP contribution in [0.1, 0.15) is 38.5 Å². The quantitative estimate of drug-likeness (QED) is 0.512. The maximum Gasteiger partial charge on any atom is 0.322 e. The van der Waals surface area contributed by atoms with Crippen molar-refractivity contribution in [3.63, 3.8) is 0 Å². The highest BCUT2D eigenvalue weighted by Gasteiger charge is 2.58. The molecule has 3 amide bonds. The molecule has 6 fully saturated rings. The lowest BCUT2D eigenvalue weighted by Crippen LogP contribution is -2.63. The summed E-state index contributed by atoms with van der Waals surface area (Å²) in [6, 6.07) is 12.1. The number of halogens is 2. The van der Waals surface area contributed by atoms with E-state index in [1.807, 2.05) is 41.4 Å². The molecule has 9 nitrogen and oxygen atoms in total. The van der Waals surface area contributed by atoms with E-state index < -0.39 is 11.8 Å². The van der Waals surface area contributed by atoms with Gasteiger partial charge < -0.3 is 20.9 Å². The summed E-state index contributed by atoms with van der Waals surface area (Å²) in [6.45, 7) is 4.78. The molecule has 1 aromatic carbocycles. The van der Waals surface area contributed by atoms with Gasteiger partial charge in [0.15, 0.2) is 0 Å². The van der Waals surface area contributed by atoms with Crippen LogP contribution in [0.2, 0.25) is 0 Å².